The third-order valence-electron chi connectivity index (χ3n) is 3.22. The number of pyridine rings is 1. The molecule has 1 saturated heterocycles. The SMILES string of the molecule is O=C(O)N1CCCN(c2ncc(C(F)(F)F)cc2Cl)CC1. The number of amides is 1. The highest BCUT2D eigenvalue weighted by molar-refractivity contribution is 6.33. The Morgan fingerprint density at radius 1 is 1.29 bits per heavy atom. The van der Waals surface area contributed by atoms with Gasteiger partial charge in [0, 0.05) is 32.4 Å². The summed E-state index contributed by atoms with van der Waals surface area (Å²) in [4.78, 5) is 17.7. The minimum absolute atomic E-state index is 0.0893. The van der Waals surface area contributed by atoms with Crippen LogP contribution in [0.4, 0.5) is 23.8 Å². The normalized spacial score (nSPS) is 16.8. The van der Waals surface area contributed by atoms with Crippen LogP contribution < -0.4 is 4.90 Å². The summed E-state index contributed by atoms with van der Waals surface area (Å²) in [7, 11) is 0. The molecule has 0 aliphatic carbocycles. The van der Waals surface area contributed by atoms with Crippen LogP contribution in [0.2, 0.25) is 5.02 Å². The molecular weight excluding hydrogens is 311 g/mol. The first-order valence-electron chi connectivity index (χ1n) is 6.24. The van der Waals surface area contributed by atoms with E-state index in [4.69, 9.17) is 16.7 Å². The quantitative estimate of drug-likeness (QED) is 0.863. The molecule has 1 aromatic heterocycles. The molecule has 1 aliphatic heterocycles. The lowest BCUT2D eigenvalue weighted by atomic mass is 10.2. The van der Waals surface area contributed by atoms with E-state index < -0.39 is 17.8 Å². The predicted octanol–water partition coefficient (Wildman–Crippen LogP) is 2.94. The molecule has 116 valence electrons. The van der Waals surface area contributed by atoms with Gasteiger partial charge in [-0.15, -0.1) is 0 Å². The summed E-state index contributed by atoms with van der Waals surface area (Å²) in [6.07, 6.45) is -4.20. The molecule has 0 aromatic carbocycles. The van der Waals surface area contributed by atoms with Gasteiger partial charge in [0.25, 0.3) is 0 Å². The molecule has 0 bridgehead atoms. The third-order valence-corrected chi connectivity index (χ3v) is 3.49. The highest BCUT2D eigenvalue weighted by Crippen LogP contribution is 2.33. The summed E-state index contributed by atoms with van der Waals surface area (Å²) in [5.74, 6) is 0.247. The Morgan fingerprint density at radius 2 is 2.00 bits per heavy atom. The molecule has 1 amide bonds. The van der Waals surface area contributed by atoms with E-state index in [1.165, 1.54) is 4.90 Å². The summed E-state index contributed by atoms with van der Waals surface area (Å²) in [6, 6.07) is 0.837. The zero-order chi connectivity index (χ0) is 15.6. The number of hydrogen-bond donors (Lipinski definition) is 1. The minimum Gasteiger partial charge on any atom is -0.465 e. The maximum absolute atomic E-state index is 12.6. The lowest BCUT2D eigenvalue weighted by Gasteiger charge is -2.23. The van der Waals surface area contributed by atoms with E-state index in [1.54, 1.807) is 4.90 Å². The van der Waals surface area contributed by atoms with E-state index in [1.807, 2.05) is 0 Å². The van der Waals surface area contributed by atoms with Crippen molar-refractivity contribution in [3.05, 3.63) is 22.8 Å². The Labute approximate surface area is 123 Å². The fraction of sp³-hybridized carbons (Fsp3) is 0.500. The molecule has 0 atom stereocenters. The second-order valence-electron chi connectivity index (χ2n) is 4.64. The van der Waals surface area contributed by atoms with Gasteiger partial charge in [-0.25, -0.2) is 9.78 Å². The number of aromatic nitrogens is 1. The molecule has 1 aliphatic rings. The van der Waals surface area contributed by atoms with Crippen LogP contribution in [0.15, 0.2) is 12.3 Å². The van der Waals surface area contributed by atoms with E-state index in [9.17, 15) is 18.0 Å². The Morgan fingerprint density at radius 3 is 2.57 bits per heavy atom. The van der Waals surface area contributed by atoms with Crippen LogP contribution >= 0.6 is 11.6 Å². The fourth-order valence-corrected chi connectivity index (χ4v) is 2.42. The number of carboxylic acid groups (broad SMARTS) is 1. The highest BCUT2D eigenvalue weighted by atomic mass is 35.5. The maximum Gasteiger partial charge on any atom is 0.417 e. The van der Waals surface area contributed by atoms with Crippen molar-refractivity contribution in [2.45, 2.75) is 12.6 Å². The Hall–Kier alpha value is -1.70. The smallest absolute Gasteiger partial charge is 0.417 e. The summed E-state index contributed by atoms with van der Waals surface area (Å²) in [5, 5.41) is 8.85. The molecule has 2 heterocycles. The molecule has 2 rings (SSSR count). The molecule has 0 unspecified atom stereocenters. The number of halogens is 4. The summed E-state index contributed by atoms with van der Waals surface area (Å²) < 4.78 is 37.7. The first-order chi connectivity index (χ1) is 9.79. The van der Waals surface area contributed by atoms with Gasteiger partial charge in [0.05, 0.1) is 10.6 Å². The van der Waals surface area contributed by atoms with Crippen LogP contribution in [0.5, 0.6) is 0 Å². The number of anilines is 1. The van der Waals surface area contributed by atoms with Gasteiger partial charge < -0.3 is 14.9 Å². The number of hydrogen-bond acceptors (Lipinski definition) is 3. The summed E-state index contributed by atoms with van der Waals surface area (Å²) in [5.41, 5.74) is -0.904. The molecule has 0 saturated carbocycles. The van der Waals surface area contributed by atoms with E-state index in [2.05, 4.69) is 4.98 Å². The molecule has 21 heavy (non-hydrogen) atoms. The summed E-state index contributed by atoms with van der Waals surface area (Å²) in [6.45, 7) is 1.46. The zero-order valence-electron chi connectivity index (χ0n) is 10.9. The van der Waals surface area contributed by atoms with Gasteiger partial charge in [-0.1, -0.05) is 11.6 Å². The fourth-order valence-electron chi connectivity index (χ4n) is 2.14. The van der Waals surface area contributed by atoms with Gasteiger partial charge in [-0.05, 0) is 12.5 Å². The average Bonchev–Trinajstić information content (AvgIpc) is 2.63. The monoisotopic (exact) mass is 323 g/mol. The molecule has 1 aromatic rings. The van der Waals surface area contributed by atoms with Crippen LogP contribution in [0.3, 0.4) is 0 Å². The van der Waals surface area contributed by atoms with Crippen LogP contribution in [0, 0.1) is 0 Å². The van der Waals surface area contributed by atoms with Crippen molar-refractivity contribution in [3.8, 4) is 0 Å². The second kappa shape index (κ2) is 5.97. The highest BCUT2D eigenvalue weighted by Gasteiger charge is 2.32. The lowest BCUT2D eigenvalue weighted by molar-refractivity contribution is -0.137. The lowest BCUT2D eigenvalue weighted by Crippen LogP contribution is -2.34. The summed E-state index contributed by atoms with van der Waals surface area (Å²) >= 11 is 5.89. The van der Waals surface area contributed by atoms with Gasteiger partial charge in [0.2, 0.25) is 0 Å². The molecule has 0 radical (unpaired) electrons. The van der Waals surface area contributed by atoms with E-state index in [-0.39, 0.29) is 17.4 Å². The third kappa shape index (κ3) is 3.69. The van der Waals surface area contributed by atoms with Gasteiger partial charge in [0.15, 0.2) is 0 Å². The Balaban J connectivity index is 2.17. The topological polar surface area (TPSA) is 56.7 Å². The van der Waals surface area contributed by atoms with Crippen LogP contribution in [0.1, 0.15) is 12.0 Å². The number of rotatable bonds is 1. The van der Waals surface area contributed by atoms with Crippen LogP contribution in [0.25, 0.3) is 0 Å². The standard InChI is InChI=1S/C12H13ClF3N3O2/c13-9-6-8(12(14,15)16)7-17-10(9)18-2-1-3-19(5-4-18)11(20)21/h6-7H,1-5H2,(H,20,21). The number of carbonyl (C=O) groups is 1. The molecule has 1 N–H and O–H groups in total. The van der Waals surface area contributed by atoms with Crippen molar-refractivity contribution < 1.29 is 23.1 Å². The molecule has 9 heteroatoms. The van der Waals surface area contributed by atoms with Gasteiger partial charge in [-0.3, -0.25) is 0 Å². The van der Waals surface area contributed by atoms with Crippen molar-refractivity contribution in [3.63, 3.8) is 0 Å². The van der Waals surface area contributed by atoms with Crippen LogP contribution in [-0.2, 0) is 6.18 Å². The van der Waals surface area contributed by atoms with Crippen molar-refractivity contribution in [2.75, 3.05) is 31.1 Å². The van der Waals surface area contributed by atoms with Crippen LogP contribution in [-0.4, -0.2) is 47.3 Å². The van der Waals surface area contributed by atoms with E-state index in [0.29, 0.717) is 26.1 Å². The largest absolute Gasteiger partial charge is 0.465 e. The average molecular weight is 324 g/mol. The zero-order valence-corrected chi connectivity index (χ0v) is 11.7. The number of nitrogens with zero attached hydrogens (tertiary/aromatic N) is 3. The van der Waals surface area contributed by atoms with E-state index in [0.717, 1.165) is 12.3 Å². The number of alkyl halides is 3. The van der Waals surface area contributed by atoms with Crippen molar-refractivity contribution in [1.29, 1.82) is 0 Å². The molecule has 1 fully saturated rings. The minimum atomic E-state index is -4.49. The van der Waals surface area contributed by atoms with Gasteiger partial charge in [0.1, 0.15) is 5.82 Å². The predicted molar refractivity (Wildman–Crippen MR) is 70.7 cm³/mol. The second-order valence-corrected chi connectivity index (χ2v) is 5.04. The molecule has 5 nitrogen and oxygen atoms in total. The van der Waals surface area contributed by atoms with Crippen molar-refractivity contribution in [2.24, 2.45) is 0 Å². The van der Waals surface area contributed by atoms with Crippen molar-refractivity contribution >= 4 is 23.5 Å². The maximum atomic E-state index is 12.6. The molecular formula is C12H13ClF3N3O2. The van der Waals surface area contributed by atoms with Gasteiger partial charge in [-0.2, -0.15) is 13.2 Å². The molecule has 0 spiro atoms. The Bertz CT molecular complexity index is 539. The van der Waals surface area contributed by atoms with Crippen molar-refractivity contribution in [1.82, 2.24) is 9.88 Å². The van der Waals surface area contributed by atoms with E-state index >= 15 is 0 Å². The Kier molecular flexibility index (Phi) is 4.46. The van der Waals surface area contributed by atoms with Gasteiger partial charge >= 0.3 is 12.3 Å². The first kappa shape index (κ1) is 15.7. The first-order valence-corrected chi connectivity index (χ1v) is 6.62.